The molecule has 0 aliphatic heterocycles. The lowest BCUT2D eigenvalue weighted by molar-refractivity contribution is -0.251. The summed E-state index contributed by atoms with van der Waals surface area (Å²) in [4.78, 5) is 14.4. The van der Waals surface area contributed by atoms with Crippen LogP contribution in [0.15, 0.2) is 18.7 Å². The standard InChI is InChI=1S/C8H6F6N2O2/c9-5(8(12,13)14)7(10,11)3-18-6(17)16-2-1-15-4-16/h1-2,4-5H,3H2/t5-/m1/s1. The number of rotatable bonds is 3. The molecule has 1 rings (SSSR count). The molecule has 0 fully saturated rings. The predicted molar refractivity (Wildman–Crippen MR) is 44.9 cm³/mol. The van der Waals surface area contributed by atoms with Crippen LogP contribution in [0.3, 0.4) is 0 Å². The largest absolute Gasteiger partial charge is 0.442 e. The lowest BCUT2D eigenvalue weighted by Gasteiger charge is -2.22. The Morgan fingerprint density at radius 1 is 1.33 bits per heavy atom. The van der Waals surface area contributed by atoms with Gasteiger partial charge in [-0.1, -0.05) is 0 Å². The number of halogens is 6. The third-order valence-corrected chi connectivity index (χ3v) is 1.76. The number of hydrogen-bond donors (Lipinski definition) is 0. The van der Waals surface area contributed by atoms with Crippen molar-refractivity contribution in [2.75, 3.05) is 6.61 Å². The van der Waals surface area contributed by atoms with E-state index in [0.29, 0.717) is 4.57 Å². The van der Waals surface area contributed by atoms with Gasteiger partial charge in [0.25, 0.3) is 6.17 Å². The van der Waals surface area contributed by atoms with Gasteiger partial charge in [0.2, 0.25) is 0 Å². The minimum absolute atomic E-state index is 0.608. The van der Waals surface area contributed by atoms with Crippen LogP contribution in [0, 0.1) is 0 Å². The van der Waals surface area contributed by atoms with E-state index in [4.69, 9.17) is 0 Å². The Bertz CT molecular complexity index is 402. The number of ether oxygens (including phenoxy) is 1. The third kappa shape index (κ3) is 3.37. The highest BCUT2D eigenvalue weighted by atomic mass is 19.4. The summed E-state index contributed by atoms with van der Waals surface area (Å²) in [6.45, 7) is -2.02. The molecule has 0 saturated heterocycles. The number of imidazole rings is 1. The zero-order chi connectivity index (χ0) is 14.0. The molecule has 0 N–H and O–H groups in total. The van der Waals surface area contributed by atoms with Crippen molar-refractivity contribution in [3.63, 3.8) is 0 Å². The Morgan fingerprint density at radius 2 is 1.94 bits per heavy atom. The van der Waals surface area contributed by atoms with Gasteiger partial charge in [-0.05, 0) is 0 Å². The highest BCUT2D eigenvalue weighted by molar-refractivity contribution is 5.69. The first-order chi connectivity index (χ1) is 8.14. The van der Waals surface area contributed by atoms with Crippen LogP contribution < -0.4 is 0 Å². The molecule has 0 spiro atoms. The van der Waals surface area contributed by atoms with E-state index in [-0.39, 0.29) is 0 Å². The SMILES string of the molecule is O=C(OCC(F)(F)[C@@H](F)C(F)(F)F)n1ccnc1. The number of hydrogen-bond acceptors (Lipinski definition) is 3. The van der Waals surface area contributed by atoms with E-state index >= 15 is 0 Å². The Morgan fingerprint density at radius 3 is 2.39 bits per heavy atom. The van der Waals surface area contributed by atoms with Crippen molar-refractivity contribution < 1.29 is 35.9 Å². The van der Waals surface area contributed by atoms with Gasteiger partial charge < -0.3 is 4.74 Å². The molecular weight excluding hydrogens is 270 g/mol. The van der Waals surface area contributed by atoms with Crippen LogP contribution in [0.5, 0.6) is 0 Å². The highest BCUT2D eigenvalue weighted by Crippen LogP contribution is 2.35. The second-order valence-corrected chi connectivity index (χ2v) is 3.19. The second-order valence-electron chi connectivity index (χ2n) is 3.19. The van der Waals surface area contributed by atoms with Gasteiger partial charge in [0.15, 0.2) is 6.61 Å². The van der Waals surface area contributed by atoms with Crippen LogP contribution in [0.25, 0.3) is 0 Å². The van der Waals surface area contributed by atoms with E-state index in [0.717, 1.165) is 18.7 Å². The molecule has 0 aliphatic carbocycles. The van der Waals surface area contributed by atoms with Crippen LogP contribution in [-0.4, -0.2) is 40.5 Å². The van der Waals surface area contributed by atoms with Crippen molar-refractivity contribution in [3.8, 4) is 0 Å². The Balaban J connectivity index is 2.59. The zero-order valence-electron chi connectivity index (χ0n) is 8.50. The molecule has 0 radical (unpaired) electrons. The summed E-state index contributed by atoms with van der Waals surface area (Å²) in [7, 11) is 0. The monoisotopic (exact) mass is 276 g/mol. The number of nitrogens with zero attached hydrogens (tertiary/aromatic N) is 2. The van der Waals surface area contributed by atoms with Crippen molar-refractivity contribution in [1.29, 1.82) is 0 Å². The van der Waals surface area contributed by atoms with Gasteiger partial charge in [-0.15, -0.1) is 0 Å². The summed E-state index contributed by atoms with van der Waals surface area (Å²) in [6.07, 6.45) is -8.49. The van der Waals surface area contributed by atoms with Gasteiger partial charge in [-0.3, -0.25) is 0 Å². The maximum atomic E-state index is 12.7. The van der Waals surface area contributed by atoms with Crippen molar-refractivity contribution in [2.45, 2.75) is 18.3 Å². The van der Waals surface area contributed by atoms with Crippen molar-refractivity contribution in [1.82, 2.24) is 9.55 Å². The van der Waals surface area contributed by atoms with Gasteiger partial charge >= 0.3 is 18.2 Å². The lowest BCUT2D eigenvalue weighted by atomic mass is 10.2. The third-order valence-electron chi connectivity index (χ3n) is 1.76. The summed E-state index contributed by atoms with van der Waals surface area (Å²) in [6, 6.07) is 0. The minimum atomic E-state index is -5.73. The maximum Gasteiger partial charge on any atom is 0.425 e. The molecule has 0 aliphatic rings. The predicted octanol–water partition coefficient (Wildman–Crippen LogP) is 2.40. The van der Waals surface area contributed by atoms with E-state index in [2.05, 4.69) is 9.72 Å². The van der Waals surface area contributed by atoms with E-state index in [9.17, 15) is 31.1 Å². The molecule has 1 aromatic rings. The molecule has 18 heavy (non-hydrogen) atoms. The van der Waals surface area contributed by atoms with Gasteiger partial charge in [-0.25, -0.2) is 18.7 Å². The summed E-state index contributed by atoms with van der Waals surface area (Å²) < 4.78 is 77.5. The highest BCUT2D eigenvalue weighted by Gasteiger charge is 2.57. The van der Waals surface area contributed by atoms with Crippen LogP contribution in [0.4, 0.5) is 31.1 Å². The fourth-order valence-corrected chi connectivity index (χ4v) is 0.912. The van der Waals surface area contributed by atoms with Crippen molar-refractivity contribution >= 4 is 6.09 Å². The van der Waals surface area contributed by atoms with Gasteiger partial charge in [-0.2, -0.15) is 22.0 Å². The Hall–Kier alpha value is -1.74. The van der Waals surface area contributed by atoms with Gasteiger partial charge in [0.05, 0.1) is 0 Å². The zero-order valence-corrected chi connectivity index (χ0v) is 8.50. The fourth-order valence-electron chi connectivity index (χ4n) is 0.912. The first-order valence-corrected chi connectivity index (χ1v) is 4.38. The first kappa shape index (κ1) is 14.3. The van der Waals surface area contributed by atoms with Crippen molar-refractivity contribution in [3.05, 3.63) is 18.7 Å². The molecule has 10 heteroatoms. The molecule has 0 amide bonds. The maximum absolute atomic E-state index is 12.7. The fraction of sp³-hybridized carbons (Fsp3) is 0.500. The molecule has 1 aromatic heterocycles. The van der Waals surface area contributed by atoms with Crippen LogP contribution in [0.1, 0.15) is 0 Å². The minimum Gasteiger partial charge on any atom is -0.442 e. The lowest BCUT2D eigenvalue weighted by Crippen LogP contribution is -2.45. The average molecular weight is 276 g/mol. The molecule has 1 atom stereocenters. The van der Waals surface area contributed by atoms with Crippen LogP contribution in [-0.2, 0) is 4.74 Å². The van der Waals surface area contributed by atoms with Crippen LogP contribution in [0.2, 0.25) is 0 Å². The Kier molecular flexibility index (Phi) is 3.87. The molecular formula is C8H6F6N2O2. The first-order valence-electron chi connectivity index (χ1n) is 4.38. The summed E-state index contributed by atoms with van der Waals surface area (Å²) in [5, 5.41) is 0. The smallest absolute Gasteiger partial charge is 0.425 e. The molecule has 0 unspecified atom stereocenters. The van der Waals surface area contributed by atoms with E-state index in [1.165, 1.54) is 0 Å². The van der Waals surface area contributed by atoms with E-state index < -0.39 is 31.0 Å². The molecule has 0 saturated carbocycles. The number of carbonyl (C=O) groups is 1. The molecule has 0 aromatic carbocycles. The molecule has 4 nitrogen and oxygen atoms in total. The summed E-state index contributed by atoms with van der Waals surface area (Å²) >= 11 is 0. The van der Waals surface area contributed by atoms with E-state index in [1.807, 2.05) is 0 Å². The molecule has 1 heterocycles. The topological polar surface area (TPSA) is 44.1 Å². The molecule has 102 valence electrons. The average Bonchev–Trinajstić information content (AvgIpc) is 2.77. The van der Waals surface area contributed by atoms with Crippen molar-refractivity contribution in [2.24, 2.45) is 0 Å². The van der Waals surface area contributed by atoms with Gasteiger partial charge in [0.1, 0.15) is 6.33 Å². The molecule has 0 bridgehead atoms. The summed E-state index contributed by atoms with van der Waals surface area (Å²) in [5.74, 6) is -4.85. The summed E-state index contributed by atoms with van der Waals surface area (Å²) in [5.41, 5.74) is 0. The Labute approximate surface area is 96.2 Å². The van der Waals surface area contributed by atoms with Crippen LogP contribution >= 0.6 is 0 Å². The number of carbonyl (C=O) groups excluding carboxylic acids is 1. The quantitative estimate of drug-likeness (QED) is 0.796. The number of alkyl halides is 6. The number of aromatic nitrogens is 2. The van der Waals surface area contributed by atoms with Gasteiger partial charge in [0, 0.05) is 12.4 Å². The normalized spacial score (nSPS) is 14.3. The second kappa shape index (κ2) is 4.86. The van der Waals surface area contributed by atoms with E-state index in [1.54, 1.807) is 0 Å².